The molecule has 0 unspecified atom stereocenters. The zero-order chi connectivity index (χ0) is 18.1. The molecule has 0 spiro atoms. The van der Waals surface area contributed by atoms with Gasteiger partial charge in [0, 0.05) is 19.8 Å². The van der Waals surface area contributed by atoms with Gasteiger partial charge in [-0.05, 0) is 62.2 Å². The van der Waals surface area contributed by atoms with Crippen molar-refractivity contribution in [1.29, 1.82) is 0 Å². The van der Waals surface area contributed by atoms with Crippen LogP contribution in [0.5, 0.6) is 0 Å². The zero-order valence-corrected chi connectivity index (χ0v) is 15.4. The largest absolute Gasteiger partial charge is 0.378 e. The topological polar surface area (TPSA) is 35.9 Å². The van der Waals surface area contributed by atoms with E-state index in [4.69, 9.17) is 0 Å². The summed E-state index contributed by atoms with van der Waals surface area (Å²) in [5.41, 5.74) is 6.64. The maximum Gasteiger partial charge on any atom is 0.280 e. The highest BCUT2D eigenvalue weighted by Crippen LogP contribution is 2.26. The summed E-state index contributed by atoms with van der Waals surface area (Å²) < 4.78 is 0. The van der Waals surface area contributed by atoms with E-state index in [1.54, 1.807) is 0 Å². The predicted octanol–water partition coefficient (Wildman–Crippen LogP) is 4.18. The third-order valence-corrected chi connectivity index (χ3v) is 4.41. The number of hydrazone groups is 1. The van der Waals surface area contributed by atoms with Crippen LogP contribution in [0.15, 0.2) is 53.1 Å². The quantitative estimate of drug-likeness (QED) is 0.790. The average Bonchev–Trinajstić information content (AvgIpc) is 2.85. The lowest BCUT2D eigenvalue weighted by Gasteiger charge is -2.14. The number of hydrogen-bond acceptors (Lipinski definition) is 3. The smallest absolute Gasteiger partial charge is 0.280 e. The van der Waals surface area contributed by atoms with Crippen LogP contribution < -0.4 is 9.91 Å². The fourth-order valence-electron chi connectivity index (χ4n) is 2.80. The van der Waals surface area contributed by atoms with Crippen molar-refractivity contribution in [1.82, 2.24) is 0 Å². The van der Waals surface area contributed by atoms with E-state index in [9.17, 15) is 4.79 Å². The van der Waals surface area contributed by atoms with Gasteiger partial charge in [0.25, 0.3) is 5.91 Å². The minimum absolute atomic E-state index is 0.0857. The van der Waals surface area contributed by atoms with Gasteiger partial charge in [0.05, 0.1) is 17.0 Å². The standard InChI is InChI=1S/C21H23N3O/c1-14-6-9-18(10-7-14)24-21(25)20(16(3)22-24)13-17-8-11-19(23(4)5)12-15(17)2/h6-13H,1-5H3/b20-13+. The molecule has 0 bridgehead atoms. The highest BCUT2D eigenvalue weighted by molar-refractivity contribution is 6.32. The summed E-state index contributed by atoms with van der Waals surface area (Å²) in [6.45, 7) is 5.96. The first-order valence-corrected chi connectivity index (χ1v) is 8.33. The maximum absolute atomic E-state index is 12.8. The van der Waals surface area contributed by atoms with Gasteiger partial charge in [-0.3, -0.25) is 4.79 Å². The fraction of sp³-hybridized carbons (Fsp3) is 0.238. The van der Waals surface area contributed by atoms with E-state index in [1.165, 1.54) is 5.01 Å². The molecule has 0 saturated heterocycles. The minimum atomic E-state index is -0.0857. The molecule has 0 fully saturated rings. The molecule has 3 rings (SSSR count). The highest BCUT2D eigenvalue weighted by Gasteiger charge is 2.28. The second-order valence-corrected chi connectivity index (χ2v) is 6.63. The van der Waals surface area contributed by atoms with Crippen molar-refractivity contribution < 1.29 is 4.79 Å². The minimum Gasteiger partial charge on any atom is -0.378 e. The van der Waals surface area contributed by atoms with Crippen LogP contribution in [0.1, 0.15) is 23.6 Å². The molecular weight excluding hydrogens is 310 g/mol. The lowest BCUT2D eigenvalue weighted by molar-refractivity contribution is -0.114. The SMILES string of the molecule is CC1=NN(c2ccc(C)cc2)C(=O)/C1=C/c1ccc(N(C)C)cc1C. The zero-order valence-electron chi connectivity index (χ0n) is 15.4. The average molecular weight is 333 g/mol. The Kier molecular flexibility index (Phi) is 4.45. The van der Waals surface area contributed by atoms with Gasteiger partial charge in [-0.15, -0.1) is 0 Å². The lowest BCUT2D eigenvalue weighted by Crippen LogP contribution is -2.21. The number of amides is 1. The van der Waals surface area contributed by atoms with Crippen LogP contribution in [0.25, 0.3) is 6.08 Å². The molecule has 4 nitrogen and oxygen atoms in total. The van der Waals surface area contributed by atoms with Crippen molar-refractivity contribution >= 4 is 29.1 Å². The Morgan fingerprint density at radius 2 is 1.68 bits per heavy atom. The summed E-state index contributed by atoms with van der Waals surface area (Å²) in [4.78, 5) is 14.9. The molecular formula is C21H23N3O. The first-order chi connectivity index (χ1) is 11.9. The van der Waals surface area contributed by atoms with Crippen LogP contribution in [0, 0.1) is 13.8 Å². The molecule has 128 valence electrons. The number of anilines is 2. The van der Waals surface area contributed by atoms with E-state index in [1.807, 2.05) is 64.4 Å². The molecule has 0 aliphatic carbocycles. The first kappa shape index (κ1) is 17.0. The Labute approximate surface area is 149 Å². The van der Waals surface area contributed by atoms with E-state index in [-0.39, 0.29) is 5.91 Å². The Bertz CT molecular complexity index is 877. The van der Waals surface area contributed by atoms with Gasteiger partial charge in [0.1, 0.15) is 0 Å². The van der Waals surface area contributed by atoms with Crippen LogP contribution in [0.2, 0.25) is 0 Å². The third-order valence-electron chi connectivity index (χ3n) is 4.41. The molecule has 4 heteroatoms. The van der Waals surface area contributed by atoms with E-state index in [0.717, 1.165) is 33.8 Å². The van der Waals surface area contributed by atoms with Crippen LogP contribution in [0.4, 0.5) is 11.4 Å². The summed E-state index contributed by atoms with van der Waals surface area (Å²) in [5.74, 6) is -0.0857. The molecule has 1 heterocycles. The van der Waals surface area contributed by atoms with Gasteiger partial charge in [-0.25, -0.2) is 0 Å². The van der Waals surface area contributed by atoms with Gasteiger partial charge in [0.2, 0.25) is 0 Å². The van der Waals surface area contributed by atoms with Crippen molar-refractivity contribution in [3.8, 4) is 0 Å². The van der Waals surface area contributed by atoms with Crippen molar-refractivity contribution in [2.24, 2.45) is 5.10 Å². The normalized spacial score (nSPS) is 15.7. The summed E-state index contributed by atoms with van der Waals surface area (Å²) in [5, 5.41) is 5.92. The van der Waals surface area contributed by atoms with Crippen molar-refractivity contribution in [2.45, 2.75) is 20.8 Å². The number of aryl methyl sites for hydroxylation is 2. The molecule has 0 atom stereocenters. The molecule has 0 saturated carbocycles. The molecule has 0 radical (unpaired) electrons. The number of carbonyl (C=O) groups excluding carboxylic acids is 1. The molecule has 2 aromatic rings. The van der Waals surface area contributed by atoms with E-state index in [0.29, 0.717) is 5.57 Å². The maximum atomic E-state index is 12.8. The summed E-state index contributed by atoms with van der Waals surface area (Å²) >= 11 is 0. The molecule has 1 amide bonds. The second-order valence-electron chi connectivity index (χ2n) is 6.63. The monoisotopic (exact) mass is 333 g/mol. The predicted molar refractivity (Wildman–Crippen MR) is 105 cm³/mol. The second kappa shape index (κ2) is 6.55. The van der Waals surface area contributed by atoms with E-state index >= 15 is 0 Å². The number of hydrogen-bond donors (Lipinski definition) is 0. The van der Waals surface area contributed by atoms with Gasteiger partial charge in [-0.1, -0.05) is 23.8 Å². The van der Waals surface area contributed by atoms with Crippen LogP contribution in [0.3, 0.4) is 0 Å². The van der Waals surface area contributed by atoms with Gasteiger partial charge >= 0.3 is 0 Å². The van der Waals surface area contributed by atoms with Crippen molar-refractivity contribution in [3.05, 3.63) is 64.7 Å². The van der Waals surface area contributed by atoms with Crippen LogP contribution in [-0.4, -0.2) is 25.7 Å². The molecule has 25 heavy (non-hydrogen) atoms. The molecule has 2 aromatic carbocycles. The number of benzene rings is 2. The fourth-order valence-corrected chi connectivity index (χ4v) is 2.80. The van der Waals surface area contributed by atoms with E-state index < -0.39 is 0 Å². The Balaban J connectivity index is 1.93. The lowest BCUT2D eigenvalue weighted by atomic mass is 10.0. The Hall–Kier alpha value is -2.88. The molecule has 1 aliphatic rings. The number of carbonyl (C=O) groups is 1. The summed E-state index contributed by atoms with van der Waals surface area (Å²) in [7, 11) is 4.04. The number of nitrogens with zero attached hydrogens (tertiary/aromatic N) is 3. The van der Waals surface area contributed by atoms with Crippen molar-refractivity contribution in [3.63, 3.8) is 0 Å². The number of rotatable bonds is 3. The molecule has 0 aromatic heterocycles. The third kappa shape index (κ3) is 3.33. The van der Waals surface area contributed by atoms with Gasteiger partial charge in [0.15, 0.2) is 0 Å². The van der Waals surface area contributed by atoms with Crippen LogP contribution in [-0.2, 0) is 4.79 Å². The summed E-state index contributed by atoms with van der Waals surface area (Å²) in [6.07, 6.45) is 1.93. The molecule has 1 aliphatic heterocycles. The van der Waals surface area contributed by atoms with E-state index in [2.05, 4.69) is 29.1 Å². The van der Waals surface area contributed by atoms with Gasteiger partial charge in [-0.2, -0.15) is 10.1 Å². The Morgan fingerprint density at radius 1 is 1.00 bits per heavy atom. The van der Waals surface area contributed by atoms with Crippen molar-refractivity contribution in [2.75, 3.05) is 24.0 Å². The molecule has 0 N–H and O–H groups in total. The summed E-state index contributed by atoms with van der Waals surface area (Å²) in [6, 6.07) is 14.0. The van der Waals surface area contributed by atoms with Gasteiger partial charge < -0.3 is 4.90 Å². The first-order valence-electron chi connectivity index (χ1n) is 8.33. The van der Waals surface area contributed by atoms with Crippen LogP contribution >= 0.6 is 0 Å². The Morgan fingerprint density at radius 3 is 2.28 bits per heavy atom. The highest BCUT2D eigenvalue weighted by atomic mass is 16.2.